The fourth-order valence-electron chi connectivity index (χ4n) is 2.49. The Morgan fingerprint density at radius 1 is 1.14 bits per heavy atom. The van der Waals surface area contributed by atoms with Crippen LogP contribution in [0.3, 0.4) is 0 Å². The van der Waals surface area contributed by atoms with Crippen LogP contribution < -0.4 is 0 Å². The second-order valence-corrected chi connectivity index (χ2v) is 9.73. The third kappa shape index (κ3) is 5.13. The largest absolute Gasteiger partial charge is 0.399 e. The van der Waals surface area contributed by atoms with E-state index in [1.807, 2.05) is 24.3 Å². The summed E-state index contributed by atoms with van der Waals surface area (Å²) in [4.78, 5) is 21.9. The van der Waals surface area contributed by atoms with Crippen molar-refractivity contribution < 1.29 is 27.7 Å². The maximum absolute atomic E-state index is 13.9. The molecule has 1 heterocycles. The third-order valence-electron chi connectivity index (χ3n) is 3.99. The van der Waals surface area contributed by atoms with Crippen molar-refractivity contribution in [1.29, 1.82) is 0 Å². The van der Waals surface area contributed by atoms with Gasteiger partial charge in [0.2, 0.25) is 0 Å². The highest BCUT2D eigenvalue weighted by Crippen LogP contribution is 2.60. The Morgan fingerprint density at radius 3 is 2.31 bits per heavy atom. The molecule has 0 saturated heterocycles. The second kappa shape index (κ2) is 8.65. The van der Waals surface area contributed by atoms with E-state index in [1.165, 1.54) is 12.1 Å². The normalized spacial score (nSPS) is 12.3. The summed E-state index contributed by atoms with van der Waals surface area (Å²) in [5.41, 5.74) is -2.32. The molecule has 1 aromatic heterocycles. The van der Waals surface area contributed by atoms with E-state index in [0.717, 1.165) is 22.8 Å². The Labute approximate surface area is 178 Å². The Bertz CT molecular complexity index is 1060. The Balaban J connectivity index is 1.61. The summed E-state index contributed by atoms with van der Waals surface area (Å²) in [6, 6.07) is 11.6. The van der Waals surface area contributed by atoms with Gasteiger partial charge in [-0.05, 0) is 36.2 Å². The van der Waals surface area contributed by atoms with Crippen molar-refractivity contribution >= 4 is 35.3 Å². The molecule has 0 radical (unpaired) electrons. The number of aryl methyl sites for hydroxylation is 1. The molecule has 0 aliphatic rings. The molecule has 0 aliphatic carbocycles. The molecule has 29 heavy (non-hydrogen) atoms. The molecule has 6 nitrogen and oxygen atoms in total. The van der Waals surface area contributed by atoms with Crippen molar-refractivity contribution in [3.63, 3.8) is 0 Å². The Hall–Kier alpha value is -1.58. The lowest BCUT2D eigenvalue weighted by Gasteiger charge is -2.19. The van der Waals surface area contributed by atoms with Gasteiger partial charge in [0.05, 0.1) is 0 Å². The highest BCUT2D eigenvalue weighted by atomic mass is 79.9. The molecule has 154 valence electrons. The Kier molecular flexibility index (Phi) is 6.60. The molecule has 0 aliphatic heterocycles. The maximum Gasteiger partial charge on any atom is 0.399 e. The van der Waals surface area contributed by atoms with E-state index < -0.39 is 18.8 Å². The minimum Gasteiger partial charge on any atom is -0.334 e. The summed E-state index contributed by atoms with van der Waals surface area (Å²) < 4.78 is 43.9. The maximum atomic E-state index is 13.9. The van der Waals surface area contributed by atoms with E-state index in [0.29, 0.717) is 23.2 Å². The number of rotatable bonds is 7. The van der Waals surface area contributed by atoms with Crippen LogP contribution in [-0.2, 0) is 21.7 Å². The molecule has 2 N–H and O–H groups in total. The predicted octanol–water partition coefficient (Wildman–Crippen LogP) is 5.47. The summed E-state index contributed by atoms with van der Waals surface area (Å²) in [5.74, 6) is 2.26. The molecular formula is C18H16BrF2N2O4PS. The average Bonchev–Trinajstić information content (AvgIpc) is 3.07. The van der Waals surface area contributed by atoms with Crippen LogP contribution >= 0.6 is 35.3 Å². The van der Waals surface area contributed by atoms with Crippen LogP contribution in [0.5, 0.6) is 0 Å². The smallest absolute Gasteiger partial charge is 0.334 e. The fourth-order valence-corrected chi connectivity index (χ4v) is 4.78. The standard InChI is InChI=1S/C18H16BrF2N2O4PS/c1-11-22-17(27-23-11)14-5-2-12(3-6-14)9-29-10-13-4-7-15(16(19)8-13)18(20,21)28(24,25)26/h2-8H,9-10H2,1H3,(H2,24,25,26). The van der Waals surface area contributed by atoms with Crippen molar-refractivity contribution in [2.45, 2.75) is 24.1 Å². The summed E-state index contributed by atoms with van der Waals surface area (Å²) in [5, 5.41) is 3.76. The number of nitrogens with zero attached hydrogens (tertiary/aromatic N) is 2. The van der Waals surface area contributed by atoms with Crippen LogP contribution in [-0.4, -0.2) is 19.9 Å². The molecule has 2 aromatic carbocycles. The number of halogens is 3. The number of thioether (sulfide) groups is 1. The van der Waals surface area contributed by atoms with E-state index in [4.69, 9.17) is 14.3 Å². The van der Waals surface area contributed by atoms with Gasteiger partial charge in [-0.25, -0.2) is 0 Å². The van der Waals surface area contributed by atoms with Crippen LogP contribution in [0.4, 0.5) is 8.78 Å². The first kappa shape index (κ1) is 22.1. The number of aromatic nitrogens is 2. The van der Waals surface area contributed by atoms with Crippen LogP contribution in [0.25, 0.3) is 11.5 Å². The Morgan fingerprint density at radius 2 is 1.76 bits per heavy atom. The highest BCUT2D eigenvalue weighted by Gasteiger charge is 2.51. The molecule has 0 atom stereocenters. The van der Waals surface area contributed by atoms with Gasteiger partial charge in [0, 0.05) is 27.1 Å². The van der Waals surface area contributed by atoms with Gasteiger partial charge < -0.3 is 14.3 Å². The van der Waals surface area contributed by atoms with Gasteiger partial charge in [-0.1, -0.05) is 45.4 Å². The average molecular weight is 505 g/mol. The van der Waals surface area contributed by atoms with Gasteiger partial charge in [-0.3, -0.25) is 4.57 Å². The third-order valence-corrected chi connectivity index (χ3v) is 6.69. The SMILES string of the molecule is Cc1noc(-c2ccc(CSCc3ccc(C(F)(F)P(=O)(O)O)c(Br)c3)cc2)n1. The molecule has 0 saturated carbocycles. The first-order chi connectivity index (χ1) is 13.6. The molecule has 3 aromatic rings. The van der Waals surface area contributed by atoms with Crippen LogP contribution in [0, 0.1) is 6.92 Å². The number of hydrogen-bond donors (Lipinski definition) is 2. The minimum atomic E-state index is -5.60. The lowest BCUT2D eigenvalue weighted by atomic mass is 10.1. The van der Waals surface area contributed by atoms with Gasteiger partial charge in [0.25, 0.3) is 5.89 Å². The first-order valence-electron chi connectivity index (χ1n) is 8.27. The minimum absolute atomic E-state index is 0.0388. The summed E-state index contributed by atoms with van der Waals surface area (Å²) >= 11 is 4.57. The first-order valence-corrected chi connectivity index (χ1v) is 11.8. The number of alkyl halides is 2. The second-order valence-electron chi connectivity index (χ2n) is 6.24. The van der Waals surface area contributed by atoms with Crippen molar-refractivity contribution in [3.05, 3.63) is 69.5 Å². The fraction of sp³-hybridized carbons (Fsp3) is 0.222. The monoisotopic (exact) mass is 504 g/mol. The van der Waals surface area contributed by atoms with E-state index >= 15 is 0 Å². The zero-order valence-electron chi connectivity index (χ0n) is 15.1. The molecule has 0 unspecified atom stereocenters. The van der Waals surface area contributed by atoms with Crippen LogP contribution in [0.2, 0.25) is 0 Å². The van der Waals surface area contributed by atoms with Gasteiger partial charge >= 0.3 is 13.3 Å². The van der Waals surface area contributed by atoms with Gasteiger partial charge in [-0.15, -0.1) is 0 Å². The van der Waals surface area contributed by atoms with Crippen molar-refractivity contribution in [2.24, 2.45) is 0 Å². The summed E-state index contributed by atoms with van der Waals surface area (Å²) in [6.45, 7) is 1.75. The van der Waals surface area contributed by atoms with Crippen LogP contribution in [0.1, 0.15) is 22.5 Å². The van der Waals surface area contributed by atoms with Gasteiger partial charge in [-0.2, -0.15) is 25.5 Å². The van der Waals surface area contributed by atoms with E-state index in [2.05, 4.69) is 26.1 Å². The molecule has 0 spiro atoms. The molecule has 3 rings (SSSR count). The van der Waals surface area contributed by atoms with Gasteiger partial charge in [0.1, 0.15) is 0 Å². The topological polar surface area (TPSA) is 96.5 Å². The summed E-state index contributed by atoms with van der Waals surface area (Å²) in [7, 11) is -5.60. The van der Waals surface area contributed by atoms with E-state index in [-0.39, 0.29) is 4.47 Å². The highest BCUT2D eigenvalue weighted by molar-refractivity contribution is 9.10. The lowest BCUT2D eigenvalue weighted by Crippen LogP contribution is -2.14. The number of benzene rings is 2. The van der Waals surface area contributed by atoms with Crippen molar-refractivity contribution in [1.82, 2.24) is 10.1 Å². The van der Waals surface area contributed by atoms with Crippen molar-refractivity contribution in [2.75, 3.05) is 0 Å². The summed E-state index contributed by atoms with van der Waals surface area (Å²) in [6.07, 6.45) is 0. The molecule has 0 bridgehead atoms. The van der Waals surface area contributed by atoms with Crippen LogP contribution in [0.15, 0.2) is 51.5 Å². The molecule has 11 heteroatoms. The zero-order valence-corrected chi connectivity index (χ0v) is 18.3. The predicted molar refractivity (Wildman–Crippen MR) is 110 cm³/mol. The van der Waals surface area contributed by atoms with Gasteiger partial charge in [0.15, 0.2) is 5.82 Å². The number of hydrogen-bond acceptors (Lipinski definition) is 5. The zero-order chi connectivity index (χ0) is 21.2. The van der Waals surface area contributed by atoms with Crippen molar-refractivity contribution in [3.8, 4) is 11.5 Å². The van der Waals surface area contributed by atoms with E-state index in [1.54, 1.807) is 18.7 Å². The quantitative estimate of drug-likeness (QED) is 0.412. The lowest BCUT2D eigenvalue weighted by molar-refractivity contribution is 0.0557. The molecule has 0 amide bonds. The molecular weight excluding hydrogens is 489 g/mol. The van der Waals surface area contributed by atoms with E-state index in [9.17, 15) is 13.3 Å². The molecule has 0 fully saturated rings.